The Morgan fingerprint density at radius 2 is 1.44 bits per heavy atom. The fourth-order valence-electron chi connectivity index (χ4n) is 4.34. The number of carboxylic acids is 1. The number of aromatic nitrogens is 1. The molecule has 0 fully saturated rings. The van der Waals surface area contributed by atoms with Gasteiger partial charge in [0.1, 0.15) is 18.1 Å². The summed E-state index contributed by atoms with van der Waals surface area (Å²) in [5.74, 6) is -2.92. The van der Waals surface area contributed by atoms with E-state index in [-0.39, 0.29) is 25.8 Å². The van der Waals surface area contributed by atoms with E-state index in [9.17, 15) is 24.3 Å². The molecule has 11 heteroatoms. The van der Waals surface area contributed by atoms with Crippen LogP contribution in [0.3, 0.4) is 0 Å². The molecule has 3 atom stereocenters. The van der Waals surface area contributed by atoms with E-state index in [4.69, 9.17) is 11.5 Å². The van der Waals surface area contributed by atoms with Gasteiger partial charge < -0.3 is 37.5 Å². The van der Waals surface area contributed by atoms with Gasteiger partial charge in [-0.1, -0.05) is 48.5 Å². The van der Waals surface area contributed by atoms with Crippen LogP contribution in [0.15, 0.2) is 60.8 Å². The average Bonchev–Trinajstić information content (AvgIpc) is 3.34. The minimum atomic E-state index is -1.17. The molecular weight excluding hydrogens is 500 g/mol. The summed E-state index contributed by atoms with van der Waals surface area (Å²) in [7, 11) is 0. The fraction of sp³-hybridized carbons (Fsp3) is 0.357. The summed E-state index contributed by atoms with van der Waals surface area (Å²) in [6, 6.07) is 13.4. The lowest BCUT2D eigenvalue weighted by molar-refractivity contribution is -0.142. The molecule has 3 rings (SSSR count). The number of carbonyl (C=O) groups excluding carboxylic acids is 3. The maximum Gasteiger partial charge on any atom is 0.326 e. The SMILES string of the molecule is NCCCCC(NC(=O)C(Cc1c[nH]c2ccccc12)NC(=O)C(Cc1ccccc1)NC(=O)CN)C(=O)O. The van der Waals surface area contributed by atoms with Gasteiger partial charge in [-0.2, -0.15) is 0 Å². The summed E-state index contributed by atoms with van der Waals surface area (Å²) in [4.78, 5) is 54.0. The van der Waals surface area contributed by atoms with Crippen molar-refractivity contribution in [1.82, 2.24) is 20.9 Å². The highest BCUT2D eigenvalue weighted by Crippen LogP contribution is 2.19. The lowest BCUT2D eigenvalue weighted by atomic mass is 10.0. The Morgan fingerprint density at radius 1 is 0.795 bits per heavy atom. The van der Waals surface area contributed by atoms with Crippen LogP contribution in [-0.2, 0) is 32.0 Å². The fourth-order valence-corrected chi connectivity index (χ4v) is 4.34. The number of hydrogen-bond acceptors (Lipinski definition) is 6. The van der Waals surface area contributed by atoms with Crippen LogP contribution in [0.4, 0.5) is 0 Å². The van der Waals surface area contributed by atoms with Crippen molar-refractivity contribution in [3.63, 3.8) is 0 Å². The Labute approximate surface area is 226 Å². The Bertz CT molecular complexity index is 1260. The Balaban J connectivity index is 1.85. The molecule has 0 aliphatic carbocycles. The van der Waals surface area contributed by atoms with Gasteiger partial charge in [0.25, 0.3) is 0 Å². The number of aromatic amines is 1. The standard InChI is InChI=1S/C28H36N6O5/c29-13-7-6-12-22(28(38)39)33-27(37)24(15-19-17-31-21-11-5-4-10-20(19)21)34-26(36)23(32-25(35)16-30)14-18-8-2-1-3-9-18/h1-5,8-11,17,22-24,31H,6-7,12-16,29-30H2,(H,32,35)(H,33,37)(H,34,36)(H,38,39). The number of unbranched alkanes of at least 4 members (excludes halogenated alkanes) is 1. The highest BCUT2D eigenvalue weighted by atomic mass is 16.4. The maximum atomic E-state index is 13.5. The number of H-pyrrole nitrogens is 1. The molecule has 3 amide bonds. The van der Waals surface area contributed by atoms with Crippen LogP contribution in [0.2, 0.25) is 0 Å². The second-order valence-electron chi connectivity index (χ2n) is 9.32. The average molecular weight is 537 g/mol. The third-order valence-corrected chi connectivity index (χ3v) is 6.41. The van der Waals surface area contributed by atoms with Crippen molar-refractivity contribution in [2.75, 3.05) is 13.1 Å². The van der Waals surface area contributed by atoms with Gasteiger partial charge in [-0.15, -0.1) is 0 Å². The lowest BCUT2D eigenvalue weighted by Gasteiger charge is -2.24. The van der Waals surface area contributed by atoms with E-state index < -0.39 is 41.8 Å². The second kappa shape index (κ2) is 14.6. The first-order chi connectivity index (χ1) is 18.8. The van der Waals surface area contributed by atoms with Gasteiger partial charge >= 0.3 is 5.97 Å². The van der Waals surface area contributed by atoms with Gasteiger partial charge in [-0.25, -0.2) is 4.79 Å². The van der Waals surface area contributed by atoms with Crippen LogP contribution < -0.4 is 27.4 Å². The molecule has 39 heavy (non-hydrogen) atoms. The number of fused-ring (bicyclic) bond motifs is 1. The number of aliphatic carboxylic acids is 1. The molecule has 0 saturated heterocycles. The molecule has 2 aromatic carbocycles. The number of nitrogens with one attached hydrogen (secondary N) is 4. The summed E-state index contributed by atoms with van der Waals surface area (Å²) in [6.45, 7) is 0.109. The first-order valence-electron chi connectivity index (χ1n) is 12.9. The molecule has 0 aliphatic rings. The molecule has 0 aliphatic heterocycles. The molecule has 0 saturated carbocycles. The van der Waals surface area contributed by atoms with Gasteiger partial charge in [0.15, 0.2) is 0 Å². The monoisotopic (exact) mass is 536 g/mol. The van der Waals surface area contributed by atoms with Crippen molar-refractivity contribution in [2.24, 2.45) is 11.5 Å². The molecule has 0 radical (unpaired) electrons. The van der Waals surface area contributed by atoms with E-state index in [1.165, 1.54) is 0 Å². The van der Waals surface area contributed by atoms with Crippen LogP contribution in [0, 0.1) is 0 Å². The zero-order chi connectivity index (χ0) is 28.2. The predicted octanol–water partition coefficient (Wildman–Crippen LogP) is 0.580. The van der Waals surface area contributed by atoms with Crippen molar-refractivity contribution in [3.8, 4) is 0 Å². The first-order valence-corrected chi connectivity index (χ1v) is 12.9. The minimum absolute atomic E-state index is 0.0968. The van der Waals surface area contributed by atoms with Crippen molar-refractivity contribution in [2.45, 2.75) is 50.2 Å². The Kier molecular flexibility index (Phi) is 11.0. The van der Waals surface area contributed by atoms with Crippen molar-refractivity contribution in [3.05, 3.63) is 71.9 Å². The maximum absolute atomic E-state index is 13.5. The number of rotatable bonds is 15. The Hall–Kier alpha value is -4.22. The van der Waals surface area contributed by atoms with E-state index in [0.717, 1.165) is 22.0 Å². The summed E-state index contributed by atoms with van der Waals surface area (Å²) >= 11 is 0. The highest BCUT2D eigenvalue weighted by Gasteiger charge is 2.30. The van der Waals surface area contributed by atoms with Crippen molar-refractivity contribution in [1.29, 1.82) is 0 Å². The quantitative estimate of drug-likeness (QED) is 0.138. The molecular formula is C28H36N6O5. The number of carboxylic acid groups (broad SMARTS) is 1. The van der Waals surface area contributed by atoms with Crippen LogP contribution in [0.5, 0.6) is 0 Å². The summed E-state index contributed by atoms with van der Waals surface area (Å²) < 4.78 is 0. The second-order valence-corrected chi connectivity index (χ2v) is 9.32. The zero-order valence-corrected chi connectivity index (χ0v) is 21.7. The van der Waals surface area contributed by atoms with Gasteiger partial charge in [-0.3, -0.25) is 14.4 Å². The molecule has 9 N–H and O–H groups in total. The van der Waals surface area contributed by atoms with Crippen molar-refractivity contribution < 1.29 is 24.3 Å². The first kappa shape index (κ1) is 29.3. The number of para-hydroxylation sites is 1. The topological polar surface area (TPSA) is 192 Å². The summed E-state index contributed by atoms with van der Waals surface area (Å²) in [5.41, 5.74) is 13.4. The molecule has 1 aromatic heterocycles. The van der Waals surface area contributed by atoms with Crippen LogP contribution in [0.25, 0.3) is 10.9 Å². The van der Waals surface area contributed by atoms with E-state index in [0.29, 0.717) is 19.4 Å². The third-order valence-electron chi connectivity index (χ3n) is 6.41. The molecule has 0 bridgehead atoms. The summed E-state index contributed by atoms with van der Waals surface area (Å²) in [5, 5.41) is 18.5. The number of hydrogen-bond donors (Lipinski definition) is 7. The van der Waals surface area contributed by atoms with E-state index >= 15 is 0 Å². The van der Waals surface area contributed by atoms with Crippen LogP contribution in [-0.4, -0.2) is 65.0 Å². The van der Waals surface area contributed by atoms with Gasteiger partial charge in [0, 0.05) is 29.9 Å². The van der Waals surface area contributed by atoms with Crippen molar-refractivity contribution >= 4 is 34.6 Å². The van der Waals surface area contributed by atoms with Crippen LogP contribution >= 0.6 is 0 Å². The lowest BCUT2D eigenvalue weighted by Crippen LogP contribution is -2.57. The highest BCUT2D eigenvalue weighted by molar-refractivity contribution is 5.94. The van der Waals surface area contributed by atoms with Gasteiger partial charge in [-0.05, 0) is 43.0 Å². The largest absolute Gasteiger partial charge is 0.480 e. The van der Waals surface area contributed by atoms with E-state index in [1.807, 2.05) is 54.6 Å². The van der Waals surface area contributed by atoms with E-state index in [1.54, 1.807) is 6.20 Å². The normalized spacial score (nSPS) is 13.3. The molecule has 0 spiro atoms. The third kappa shape index (κ3) is 8.66. The zero-order valence-electron chi connectivity index (χ0n) is 21.7. The molecule has 208 valence electrons. The Morgan fingerprint density at radius 3 is 2.10 bits per heavy atom. The molecule has 1 heterocycles. The molecule has 11 nitrogen and oxygen atoms in total. The van der Waals surface area contributed by atoms with Gasteiger partial charge in [0.2, 0.25) is 17.7 Å². The van der Waals surface area contributed by atoms with Crippen LogP contribution in [0.1, 0.15) is 30.4 Å². The smallest absolute Gasteiger partial charge is 0.326 e. The number of carbonyl (C=O) groups is 4. The molecule has 3 aromatic rings. The predicted molar refractivity (Wildman–Crippen MR) is 148 cm³/mol. The number of amides is 3. The van der Waals surface area contributed by atoms with E-state index in [2.05, 4.69) is 20.9 Å². The number of nitrogens with two attached hydrogens (primary N) is 2. The summed E-state index contributed by atoms with van der Waals surface area (Å²) in [6.07, 6.45) is 3.38. The molecule has 3 unspecified atom stereocenters. The minimum Gasteiger partial charge on any atom is -0.480 e. The number of benzene rings is 2. The van der Waals surface area contributed by atoms with Gasteiger partial charge in [0.05, 0.1) is 6.54 Å².